The summed E-state index contributed by atoms with van der Waals surface area (Å²) in [7, 11) is 0. The van der Waals surface area contributed by atoms with E-state index in [1.807, 2.05) is 24.3 Å². The Morgan fingerprint density at radius 1 is 1.12 bits per heavy atom. The number of nitrogens with one attached hydrogen (secondary N) is 1. The molecule has 2 rings (SSSR count). The number of para-hydroxylation sites is 1. The van der Waals surface area contributed by atoms with Crippen LogP contribution in [0.4, 0.5) is 5.69 Å². The van der Waals surface area contributed by atoms with Crippen LogP contribution in [0.2, 0.25) is 0 Å². The Labute approximate surface area is 153 Å². The third-order valence-electron chi connectivity index (χ3n) is 3.86. The standard InChI is InChI=1S/C18H21N3O3.ClH/c1-12(2)13-7-9-14(10-8-13)16(19)11-20-18(22)15-5-3-4-6-17(15)21(23)24;/h3-10,12,16H,11,19H2,1-2H3,(H,20,22);1H. The molecule has 1 unspecified atom stereocenters. The molecule has 0 aliphatic carbocycles. The van der Waals surface area contributed by atoms with E-state index in [1.165, 1.54) is 23.8 Å². The van der Waals surface area contributed by atoms with Crippen molar-refractivity contribution in [1.29, 1.82) is 0 Å². The fraction of sp³-hybridized carbons (Fsp3) is 0.278. The molecule has 0 spiro atoms. The van der Waals surface area contributed by atoms with Crippen molar-refractivity contribution in [2.24, 2.45) is 5.73 Å². The lowest BCUT2D eigenvalue weighted by Crippen LogP contribution is -2.32. The Bertz CT molecular complexity index is 733. The maximum atomic E-state index is 12.2. The Morgan fingerprint density at radius 2 is 1.68 bits per heavy atom. The fourth-order valence-electron chi connectivity index (χ4n) is 2.37. The summed E-state index contributed by atoms with van der Waals surface area (Å²) in [6.45, 7) is 4.43. The number of amides is 1. The zero-order chi connectivity index (χ0) is 17.7. The highest BCUT2D eigenvalue weighted by Gasteiger charge is 2.19. The van der Waals surface area contributed by atoms with Crippen molar-refractivity contribution in [2.45, 2.75) is 25.8 Å². The van der Waals surface area contributed by atoms with Crippen LogP contribution in [0.5, 0.6) is 0 Å². The van der Waals surface area contributed by atoms with E-state index in [0.29, 0.717) is 5.92 Å². The van der Waals surface area contributed by atoms with Crippen molar-refractivity contribution in [2.75, 3.05) is 6.54 Å². The first-order chi connectivity index (χ1) is 11.4. The molecule has 0 saturated heterocycles. The summed E-state index contributed by atoms with van der Waals surface area (Å²) in [4.78, 5) is 22.6. The number of nitrogens with zero attached hydrogens (tertiary/aromatic N) is 1. The number of hydrogen-bond acceptors (Lipinski definition) is 4. The molecular weight excluding hydrogens is 342 g/mol. The normalized spacial score (nSPS) is 11.5. The van der Waals surface area contributed by atoms with Crippen LogP contribution in [0.15, 0.2) is 48.5 Å². The zero-order valence-corrected chi connectivity index (χ0v) is 15.0. The first-order valence-corrected chi connectivity index (χ1v) is 7.77. The molecule has 7 heteroatoms. The van der Waals surface area contributed by atoms with E-state index in [0.717, 1.165) is 5.56 Å². The molecule has 2 aromatic rings. The number of nitro groups is 1. The highest BCUT2D eigenvalue weighted by molar-refractivity contribution is 5.98. The Kier molecular flexibility index (Phi) is 7.54. The van der Waals surface area contributed by atoms with Crippen molar-refractivity contribution < 1.29 is 9.72 Å². The van der Waals surface area contributed by atoms with Gasteiger partial charge in [0, 0.05) is 18.7 Å². The van der Waals surface area contributed by atoms with Crippen molar-refractivity contribution in [1.82, 2.24) is 5.32 Å². The lowest BCUT2D eigenvalue weighted by atomic mass is 9.99. The average Bonchev–Trinajstić information content (AvgIpc) is 2.59. The highest BCUT2D eigenvalue weighted by Crippen LogP contribution is 2.19. The van der Waals surface area contributed by atoms with Gasteiger partial charge in [0.25, 0.3) is 11.6 Å². The highest BCUT2D eigenvalue weighted by atomic mass is 35.5. The topological polar surface area (TPSA) is 98.3 Å². The lowest BCUT2D eigenvalue weighted by molar-refractivity contribution is -0.385. The summed E-state index contributed by atoms with van der Waals surface area (Å²) < 4.78 is 0. The molecule has 0 aliphatic rings. The van der Waals surface area contributed by atoms with Gasteiger partial charge in [0.05, 0.1) is 4.92 Å². The van der Waals surface area contributed by atoms with Crippen molar-refractivity contribution in [3.05, 3.63) is 75.3 Å². The minimum Gasteiger partial charge on any atom is -0.350 e. The fourth-order valence-corrected chi connectivity index (χ4v) is 2.37. The van der Waals surface area contributed by atoms with Gasteiger partial charge in [-0.25, -0.2) is 0 Å². The number of rotatable bonds is 6. The Hall–Kier alpha value is -2.44. The molecule has 0 fully saturated rings. The number of nitro benzene ring substituents is 1. The monoisotopic (exact) mass is 363 g/mol. The van der Waals surface area contributed by atoms with Crippen LogP contribution < -0.4 is 11.1 Å². The van der Waals surface area contributed by atoms with E-state index in [9.17, 15) is 14.9 Å². The van der Waals surface area contributed by atoms with Gasteiger partial charge in [0.2, 0.25) is 0 Å². The minimum atomic E-state index is -0.570. The van der Waals surface area contributed by atoms with Gasteiger partial charge in [0.1, 0.15) is 5.56 Å². The smallest absolute Gasteiger partial charge is 0.282 e. The third-order valence-corrected chi connectivity index (χ3v) is 3.86. The Morgan fingerprint density at radius 3 is 2.24 bits per heavy atom. The van der Waals surface area contributed by atoms with E-state index < -0.39 is 10.8 Å². The van der Waals surface area contributed by atoms with Gasteiger partial charge < -0.3 is 11.1 Å². The molecule has 25 heavy (non-hydrogen) atoms. The van der Waals surface area contributed by atoms with E-state index in [4.69, 9.17) is 5.73 Å². The van der Waals surface area contributed by atoms with E-state index in [1.54, 1.807) is 6.07 Å². The zero-order valence-electron chi connectivity index (χ0n) is 14.1. The number of benzene rings is 2. The van der Waals surface area contributed by atoms with Gasteiger partial charge in [-0.3, -0.25) is 14.9 Å². The van der Waals surface area contributed by atoms with Gasteiger partial charge in [-0.05, 0) is 23.1 Å². The molecule has 0 bridgehead atoms. The number of hydrogen-bond donors (Lipinski definition) is 2. The molecule has 1 atom stereocenters. The van der Waals surface area contributed by atoms with Crippen LogP contribution >= 0.6 is 12.4 Å². The number of carbonyl (C=O) groups excluding carboxylic acids is 1. The van der Waals surface area contributed by atoms with Crippen LogP contribution in [0, 0.1) is 10.1 Å². The molecule has 1 amide bonds. The van der Waals surface area contributed by atoms with Gasteiger partial charge in [-0.2, -0.15) is 0 Å². The van der Waals surface area contributed by atoms with E-state index >= 15 is 0 Å². The third kappa shape index (κ3) is 5.27. The van der Waals surface area contributed by atoms with Gasteiger partial charge in [-0.15, -0.1) is 12.4 Å². The quantitative estimate of drug-likeness (QED) is 0.605. The molecule has 3 N–H and O–H groups in total. The molecule has 0 aromatic heterocycles. The minimum absolute atomic E-state index is 0. The van der Waals surface area contributed by atoms with Crippen molar-refractivity contribution in [3.63, 3.8) is 0 Å². The van der Waals surface area contributed by atoms with E-state index in [2.05, 4.69) is 19.2 Å². The predicted molar refractivity (Wildman–Crippen MR) is 100 cm³/mol. The number of nitrogens with two attached hydrogens (primary N) is 1. The molecule has 2 aromatic carbocycles. The average molecular weight is 364 g/mol. The molecular formula is C18H22ClN3O3. The summed E-state index contributed by atoms with van der Waals surface area (Å²) in [6, 6.07) is 13.4. The summed E-state index contributed by atoms with van der Waals surface area (Å²) in [6.07, 6.45) is 0. The summed E-state index contributed by atoms with van der Waals surface area (Å²) >= 11 is 0. The first-order valence-electron chi connectivity index (χ1n) is 7.77. The predicted octanol–water partition coefficient (Wildman–Crippen LogP) is 3.57. The molecule has 134 valence electrons. The molecule has 0 aliphatic heterocycles. The second-order valence-electron chi connectivity index (χ2n) is 5.91. The molecule has 0 heterocycles. The summed E-state index contributed by atoms with van der Waals surface area (Å²) in [5.74, 6) is -0.0647. The Balaban J connectivity index is 0.00000312. The van der Waals surface area contributed by atoms with E-state index in [-0.39, 0.29) is 36.2 Å². The maximum absolute atomic E-state index is 12.2. The summed E-state index contributed by atoms with van der Waals surface area (Å²) in [5, 5.41) is 13.6. The van der Waals surface area contributed by atoms with Gasteiger partial charge >= 0.3 is 0 Å². The maximum Gasteiger partial charge on any atom is 0.282 e. The van der Waals surface area contributed by atoms with Crippen LogP contribution in [0.25, 0.3) is 0 Å². The second-order valence-corrected chi connectivity index (χ2v) is 5.91. The van der Waals surface area contributed by atoms with Crippen molar-refractivity contribution >= 4 is 24.0 Å². The van der Waals surface area contributed by atoms with Crippen LogP contribution in [-0.4, -0.2) is 17.4 Å². The number of halogens is 1. The number of carbonyl (C=O) groups is 1. The molecule has 0 radical (unpaired) electrons. The SMILES string of the molecule is CC(C)c1ccc(C(N)CNC(=O)c2ccccc2[N+](=O)[O-])cc1.Cl. The van der Waals surface area contributed by atoms with Crippen LogP contribution in [-0.2, 0) is 0 Å². The second kappa shape index (κ2) is 9.15. The van der Waals surface area contributed by atoms with Gasteiger partial charge in [-0.1, -0.05) is 50.2 Å². The molecule has 0 saturated carbocycles. The molecule has 6 nitrogen and oxygen atoms in total. The largest absolute Gasteiger partial charge is 0.350 e. The van der Waals surface area contributed by atoms with Crippen LogP contribution in [0.3, 0.4) is 0 Å². The summed E-state index contributed by atoms with van der Waals surface area (Å²) in [5.41, 5.74) is 8.03. The lowest BCUT2D eigenvalue weighted by Gasteiger charge is -2.14. The van der Waals surface area contributed by atoms with Gasteiger partial charge in [0.15, 0.2) is 0 Å². The van der Waals surface area contributed by atoms with Crippen molar-refractivity contribution in [3.8, 4) is 0 Å². The van der Waals surface area contributed by atoms with Crippen LogP contribution in [0.1, 0.15) is 47.3 Å². The first kappa shape index (κ1) is 20.6.